The van der Waals surface area contributed by atoms with E-state index in [9.17, 15) is 14.4 Å². The lowest BCUT2D eigenvalue weighted by Crippen LogP contribution is -2.54. The molecule has 0 unspecified atom stereocenters. The molecule has 3 aromatic rings. The summed E-state index contributed by atoms with van der Waals surface area (Å²) in [5.74, 6) is -1.08. The largest absolute Gasteiger partial charge is 0.488 e. The zero-order valence-corrected chi connectivity index (χ0v) is 21.7. The molecule has 1 saturated heterocycles. The summed E-state index contributed by atoms with van der Waals surface area (Å²) in [6.07, 6.45) is 1.41. The maximum Gasteiger partial charge on any atom is 0.335 e. The minimum absolute atomic E-state index is 0.206. The van der Waals surface area contributed by atoms with Crippen molar-refractivity contribution in [2.75, 3.05) is 4.90 Å². The number of aryl methyl sites for hydroxylation is 1. The molecule has 0 spiro atoms. The maximum atomic E-state index is 13.3. The molecule has 1 aliphatic heterocycles. The Morgan fingerprint density at radius 1 is 1.03 bits per heavy atom. The van der Waals surface area contributed by atoms with Gasteiger partial charge in [0.25, 0.3) is 11.8 Å². The smallest absolute Gasteiger partial charge is 0.335 e. The van der Waals surface area contributed by atoms with E-state index in [2.05, 4.69) is 37.2 Å². The van der Waals surface area contributed by atoms with Crippen LogP contribution >= 0.6 is 43.5 Å². The molecular formula is C25H17Br2ClN2O4. The zero-order valence-electron chi connectivity index (χ0n) is 17.8. The lowest BCUT2D eigenvalue weighted by atomic mass is 10.0. The van der Waals surface area contributed by atoms with Crippen molar-refractivity contribution < 1.29 is 19.1 Å². The molecule has 0 atom stereocenters. The predicted octanol–water partition coefficient (Wildman–Crippen LogP) is 6.42. The van der Waals surface area contributed by atoms with Crippen molar-refractivity contribution in [2.24, 2.45) is 0 Å². The van der Waals surface area contributed by atoms with Gasteiger partial charge in [0.1, 0.15) is 17.9 Å². The van der Waals surface area contributed by atoms with Gasteiger partial charge in [-0.25, -0.2) is 9.69 Å². The second kappa shape index (κ2) is 10.1. The molecule has 4 rings (SSSR count). The fourth-order valence-electron chi connectivity index (χ4n) is 3.39. The van der Waals surface area contributed by atoms with Crippen molar-refractivity contribution >= 4 is 73.1 Å². The average molecular weight is 605 g/mol. The average Bonchev–Trinajstić information content (AvgIpc) is 2.79. The van der Waals surface area contributed by atoms with Gasteiger partial charge in [-0.2, -0.15) is 0 Å². The molecule has 1 aliphatic rings. The number of rotatable bonds is 5. The quantitative estimate of drug-likeness (QED) is 0.270. The third-order valence-electron chi connectivity index (χ3n) is 5.13. The normalized spacial score (nSPS) is 15.0. The first-order valence-electron chi connectivity index (χ1n) is 10.1. The van der Waals surface area contributed by atoms with Crippen LogP contribution in [0.25, 0.3) is 6.08 Å². The molecule has 4 amide bonds. The molecule has 0 aromatic heterocycles. The minimum Gasteiger partial charge on any atom is -0.488 e. The van der Waals surface area contributed by atoms with Gasteiger partial charge >= 0.3 is 6.03 Å². The first-order chi connectivity index (χ1) is 16.2. The van der Waals surface area contributed by atoms with Gasteiger partial charge in [-0.3, -0.25) is 14.9 Å². The monoisotopic (exact) mass is 602 g/mol. The topological polar surface area (TPSA) is 75.7 Å². The number of nitrogens with zero attached hydrogens (tertiary/aromatic N) is 1. The molecule has 3 aromatic carbocycles. The SMILES string of the molecule is Cc1ccc(Cl)cc1N1C(=O)NC(=O)/C(=C\c2cc(Br)ccc2OCc2ccccc2Br)C1=O. The molecule has 172 valence electrons. The fourth-order valence-corrected chi connectivity index (χ4v) is 4.33. The van der Waals surface area contributed by atoms with E-state index in [4.69, 9.17) is 16.3 Å². The molecule has 6 nitrogen and oxygen atoms in total. The summed E-state index contributed by atoms with van der Waals surface area (Å²) in [5.41, 5.74) is 2.18. The van der Waals surface area contributed by atoms with Crippen LogP contribution in [0, 0.1) is 6.92 Å². The number of hydrogen-bond donors (Lipinski definition) is 1. The Balaban J connectivity index is 1.71. The summed E-state index contributed by atoms with van der Waals surface area (Å²) >= 11 is 13.0. The molecule has 1 heterocycles. The van der Waals surface area contributed by atoms with Crippen molar-refractivity contribution in [3.63, 3.8) is 0 Å². The van der Waals surface area contributed by atoms with E-state index < -0.39 is 17.8 Å². The Hall–Kier alpha value is -2.94. The molecule has 0 bridgehead atoms. The van der Waals surface area contributed by atoms with Gasteiger partial charge in [-0.05, 0) is 55.0 Å². The standard InChI is InChI=1S/C25H17Br2ClN2O4/c1-14-6-8-18(28)12-21(14)30-24(32)19(23(31)29-25(30)33)11-16-10-17(26)7-9-22(16)34-13-15-4-2-3-5-20(15)27/h2-12H,13H2,1H3,(H,29,31,33)/b19-11+. The highest BCUT2D eigenvalue weighted by Gasteiger charge is 2.37. The van der Waals surface area contributed by atoms with Crippen LogP contribution in [0.15, 0.2) is 75.2 Å². The molecule has 1 fully saturated rings. The summed E-state index contributed by atoms with van der Waals surface area (Å²) in [4.78, 5) is 39.4. The summed E-state index contributed by atoms with van der Waals surface area (Å²) in [6.45, 7) is 2.01. The van der Waals surface area contributed by atoms with E-state index in [0.717, 1.165) is 19.4 Å². The van der Waals surface area contributed by atoms with Crippen molar-refractivity contribution in [3.8, 4) is 5.75 Å². The molecular weight excluding hydrogens is 588 g/mol. The van der Waals surface area contributed by atoms with Crippen LogP contribution in [0.2, 0.25) is 5.02 Å². The molecule has 0 aliphatic carbocycles. The van der Waals surface area contributed by atoms with E-state index in [-0.39, 0.29) is 12.2 Å². The number of hydrogen-bond acceptors (Lipinski definition) is 4. The van der Waals surface area contributed by atoms with Gasteiger partial charge in [0, 0.05) is 25.1 Å². The molecule has 1 N–H and O–H groups in total. The van der Waals surface area contributed by atoms with Gasteiger partial charge in [-0.1, -0.05) is 67.7 Å². The number of ether oxygens (including phenoxy) is 1. The highest BCUT2D eigenvalue weighted by atomic mass is 79.9. The molecule has 34 heavy (non-hydrogen) atoms. The Morgan fingerprint density at radius 3 is 2.56 bits per heavy atom. The second-order valence-corrected chi connectivity index (χ2v) is 9.66. The third kappa shape index (κ3) is 5.09. The van der Waals surface area contributed by atoms with Crippen LogP contribution < -0.4 is 15.0 Å². The summed E-state index contributed by atoms with van der Waals surface area (Å²) in [5, 5.41) is 2.59. The van der Waals surface area contributed by atoms with E-state index in [0.29, 0.717) is 27.6 Å². The number of carbonyl (C=O) groups excluding carboxylic acids is 3. The summed E-state index contributed by atoms with van der Waals surface area (Å²) in [6, 6.07) is 16.9. The minimum atomic E-state index is -0.836. The number of halogens is 3. The lowest BCUT2D eigenvalue weighted by Gasteiger charge is -2.27. The number of benzene rings is 3. The molecule has 0 radical (unpaired) electrons. The first-order valence-corrected chi connectivity index (χ1v) is 12.0. The highest BCUT2D eigenvalue weighted by molar-refractivity contribution is 9.10. The number of barbiturate groups is 1. The third-order valence-corrected chi connectivity index (χ3v) is 6.63. The van der Waals surface area contributed by atoms with E-state index in [1.807, 2.05) is 24.3 Å². The van der Waals surface area contributed by atoms with Crippen molar-refractivity contribution in [3.05, 3.63) is 96.9 Å². The van der Waals surface area contributed by atoms with Crippen LogP contribution in [-0.4, -0.2) is 17.8 Å². The van der Waals surface area contributed by atoms with Crippen LogP contribution in [0.5, 0.6) is 5.75 Å². The number of imide groups is 2. The number of nitrogens with one attached hydrogen (secondary N) is 1. The fraction of sp³-hybridized carbons (Fsp3) is 0.0800. The van der Waals surface area contributed by atoms with Crippen LogP contribution in [-0.2, 0) is 16.2 Å². The Kier molecular flexibility index (Phi) is 7.21. The van der Waals surface area contributed by atoms with Crippen molar-refractivity contribution in [1.29, 1.82) is 0 Å². The number of carbonyl (C=O) groups is 3. The predicted molar refractivity (Wildman–Crippen MR) is 138 cm³/mol. The van der Waals surface area contributed by atoms with Crippen molar-refractivity contribution in [1.82, 2.24) is 5.32 Å². The number of anilines is 1. The van der Waals surface area contributed by atoms with Gasteiger partial charge in [0.15, 0.2) is 0 Å². The lowest BCUT2D eigenvalue weighted by molar-refractivity contribution is -0.122. The van der Waals surface area contributed by atoms with E-state index >= 15 is 0 Å². The van der Waals surface area contributed by atoms with Crippen LogP contribution in [0.3, 0.4) is 0 Å². The van der Waals surface area contributed by atoms with E-state index in [1.54, 1.807) is 37.3 Å². The van der Waals surface area contributed by atoms with Crippen molar-refractivity contribution in [2.45, 2.75) is 13.5 Å². The Bertz CT molecular complexity index is 1360. The maximum absolute atomic E-state index is 13.3. The van der Waals surface area contributed by atoms with Gasteiger partial charge < -0.3 is 4.74 Å². The zero-order chi connectivity index (χ0) is 24.4. The number of urea groups is 1. The molecule has 9 heteroatoms. The van der Waals surface area contributed by atoms with Crippen LogP contribution in [0.1, 0.15) is 16.7 Å². The summed E-state index contributed by atoms with van der Waals surface area (Å²) in [7, 11) is 0. The van der Waals surface area contributed by atoms with E-state index in [1.165, 1.54) is 12.1 Å². The number of amides is 4. The summed E-state index contributed by atoms with van der Waals surface area (Å²) < 4.78 is 7.64. The van der Waals surface area contributed by atoms with Gasteiger partial charge in [0.2, 0.25) is 0 Å². The highest BCUT2D eigenvalue weighted by Crippen LogP contribution is 2.31. The Labute approximate surface area is 217 Å². The first kappa shape index (κ1) is 24.2. The molecule has 0 saturated carbocycles. The second-order valence-electron chi connectivity index (χ2n) is 7.45. The Morgan fingerprint density at radius 2 is 1.79 bits per heavy atom. The van der Waals surface area contributed by atoms with Gasteiger partial charge in [0.05, 0.1) is 5.69 Å². The van der Waals surface area contributed by atoms with Crippen LogP contribution in [0.4, 0.5) is 10.5 Å². The van der Waals surface area contributed by atoms with Gasteiger partial charge in [-0.15, -0.1) is 0 Å².